The third kappa shape index (κ3) is 2.24. The number of benzene rings is 1. The lowest BCUT2D eigenvalue weighted by Gasteiger charge is -2.06. The van der Waals surface area contributed by atoms with Gasteiger partial charge in [-0.05, 0) is 18.4 Å². The summed E-state index contributed by atoms with van der Waals surface area (Å²) in [5, 5.41) is 3.68. The average Bonchev–Trinajstić information content (AvgIpc) is 2.70. The zero-order chi connectivity index (χ0) is 11.5. The van der Waals surface area contributed by atoms with Crippen LogP contribution in [0.5, 0.6) is 0 Å². The van der Waals surface area contributed by atoms with Crippen LogP contribution in [0.25, 0.3) is 11.1 Å². The van der Waals surface area contributed by atoms with Gasteiger partial charge in [0.1, 0.15) is 5.52 Å². The molecule has 1 unspecified atom stereocenters. The van der Waals surface area contributed by atoms with Gasteiger partial charge < -0.3 is 15.5 Å². The van der Waals surface area contributed by atoms with E-state index in [2.05, 4.69) is 23.5 Å². The van der Waals surface area contributed by atoms with Gasteiger partial charge in [-0.2, -0.15) is 16.7 Å². The van der Waals surface area contributed by atoms with Crippen LogP contribution in [0.1, 0.15) is 6.92 Å². The van der Waals surface area contributed by atoms with Crippen LogP contribution < -0.4 is 11.1 Å². The van der Waals surface area contributed by atoms with Gasteiger partial charge in [-0.3, -0.25) is 0 Å². The number of rotatable bonds is 4. The van der Waals surface area contributed by atoms with Crippen molar-refractivity contribution >= 4 is 34.6 Å². The number of nitrogens with zero attached hydrogens (tertiary/aromatic N) is 1. The molecule has 2 aromatic rings. The van der Waals surface area contributed by atoms with Crippen LogP contribution in [0.4, 0.5) is 11.7 Å². The Hall–Kier alpha value is -1.36. The first-order valence-electron chi connectivity index (χ1n) is 5.12. The SMILES string of the molecule is CSC(C)CNc1nc2c(N)cccc2o1. The van der Waals surface area contributed by atoms with Crippen molar-refractivity contribution in [3.8, 4) is 0 Å². The predicted molar refractivity (Wildman–Crippen MR) is 69.9 cm³/mol. The van der Waals surface area contributed by atoms with E-state index in [4.69, 9.17) is 10.2 Å². The molecule has 3 N–H and O–H groups in total. The number of para-hydroxylation sites is 1. The molecule has 0 aliphatic rings. The highest BCUT2D eigenvalue weighted by Crippen LogP contribution is 2.23. The molecule has 0 amide bonds. The molecule has 0 saturated heterocycles. The fourth-order valence-corrected chi connectivity index (χ4v) is 1.61. The molecule has 0 fully saturated rings. The lowest BCUT2D eigenvalue weighted by atomic mass is 10.3. The number of hydrogen-bond acceptors (Lipinski definition) is 5. The van der Waals surface area contributed by atoms with Crippen molar-refractivity contribution in [2.45, 2.75) is 12.2 Å². The summed E-state index contributed by atoms with van der Waals surface area (Å²) in [7, 11) is 0. The minimum absolute atomic E-state index is 0.521. The van der Waals surface area contributed by atoms with E-state index < -0.39 is 0 Å². The zero-order valence-corrected chi connectivity index (χ0v) is 10.2. The highest BCUT2D eigenvalue weighted by molar-refractivity contribution is 7.99. The van der Waals surface area contributed by atoms with E-state index >= 15 is 0 Å². The molecule has 1 heterocycles. The number of nitrogens with two attached hydrogens (primary N) is 1. The van der Waals surface area contributed by atoms with E-state index in [9.17, 15) is 0 Å². The van der Waals surface area contributed by atoms with Gasteiger partial charge in [-0.25, -0.2) is 0 Å². The van der Waals surface area contributed by atoms with Gasteiger partial charge in [0.15, 0.2) is 5.58 Å². The molecule has 86 valence electrons. The molecule has 1 aromatic heterocycles. The molecular weight excluding hydrogens is 222 g/mol. The monoisotopic (exact) mass is 237 g/mol. The summed E-state index contributed by atoms with van der Waals surface area (Å²) >= 11 is 1.80. The first-order chi connectivity index (χ1) is 7.70. The fourth-order valence-electron chi connectivity index (χ4n) is 1.36. The predicted octanol–water partition coefficient (Wildman–Crippen LogP) is 2.57. The average molecular weight is 237 g/mol. The van der Waals surface area contributed by atoms with E-state index in [1.54, 1.807) is 11.8 Å². The molecule has 16 heavy (non-hydrogen) atoms. The quantitative estimate of drug-likeness (QED) is 0.800. The number of hydrogen-bond donors (Lipinski definition) is 2. The van der Waals surface area contributed by atoms with Crippen molar-refractivity contribution in [2.24, 2.45) is 0 Å². The van der Waals surface area contributed by atoms with E-state index in [1.807, 2.05) is 18.2 Å². The van der Waals surface area contributed by atoms with E-state index in [0.29, 0.717) is 17.0 Å². The fraction of sp³-hybridized carbons (Fsp3) is 0.364. The second-order valence-electron chi connectivity index (χ2n) is 3.64. The van der Waals surface area contributed by atoms with Crippen LogP contribution in [0, 0.1) is 0 Å². The molecular formula is C11H15N3OS. The smallest absolute Gasteiger partial charge is 0.295 e. The summed E-state index contributed by atoms with van der Waals surface area (Å²) in [5.74, 6) is 0. The number of fused-ring (bicyclic) bond motifs is 1. The van der Waals surface area contributed by atoms with Gasteiger partial charge in [-0.1, -0.05) is 13.0 Å². The second-order valence-corrected chi connectivity index (χ2v) is 4.92. The van der Waals surface area contributed by atoms with Crippen LogP contribution >= 0.6 is 11.8 Å². The molecule has 4 nitrogen and oxygen atoms in total. The number of nitrogens with one attached hydrogen (secondary N) is 1. The summed E-state index contributed by atoms with van der Waals surface area (Å²) in [4.78, 5) is 4.31. The maximum Gasteiger partial charge on any atom is 0.295 e. The van der Waals surface area contributed by atoms with Crippen LogP contribution in [0.15, 0.2) is 22.6 Å². The summed E-state index contributed by atoms with van der Waals surface area (Å²) < 4.78 is 5.53. The Balaban J connectivity index is 2.17. The van der Waals surface area contributed by atoms with Crippen molar-refractivity contribution < 1.29 is 4.42 Å². The van der Waals surface area contributed by atoms with Crippen LogP contribution in [-0.2, 0) is 0 Å². The number of aromatic nitrogens is 1. The Morgan fingerprint density at radius 3 is 3.06 bits per heavy atom. The lowest BCUT2D eigenvalue weighted by Crippen LogP contribution is -2.12. The van der Waals surface area contributed by atoms with Gasteiger partial charge >= 0.3 is 0 Å². The van der Waals surface area contributed by atoms with Crippen molar-refractivity contribution in [2.75, 3.05) is 23.9 Å². The van der Waals surface area contributed by atoms with Gasteiger partial charge in [0.25, 0.3) is 6.01 Å². The summed E-state index contributed by atoms with van der Waals surface area (Å²) in [6, 6.07) is 6.08. The molecule has 0 saturated carbocycles. The van der Waals surface area contributed by atoms with E-state index in [-0.39, 0.29) is 0 Å². The molecule has 0 aliphatic heterocycles. The first-order valence-corrected chi connectivity index (χ1v) is 6.41. The summed E-state index contributed by atoms with van der Waals surface area (Å²) in [6.45, 7) is 2.97. The van der Waals surface area contributed by atoms with Gasteiger partial charge in [-0.15, -0.1) is 0 Å². The highest BCUT2D eigenvalue weighted by atomic mass is 32.2. The van der Waals surface area contributed by atoms with Gasteiger partial charge in [0.05, 0.1) is 5.69 Å². The van der Waals surface area contributed by atoms with Crippen LogP contribution in [0.2, 0.25) is 0 Å². The molecule has 5 heteroatoms. The maximum absolute atomic E-state index is 5.80. The Morgan fingerprint density at radius 1 is 1.56 bits per heavy atom. The number of nitrogen functional groups attached to an aromatic ring is 1. The topological polar surface area (TPSA) is 64.1 Å². The Labute approximate surface area is 98.6 Å². The Bertz CT molecular complexity index is 483. The normalized spacial score (nSPS) is 12.9. The molecule has 0 radical (unpaired) electrons. The van der Waals surface area contributed by atoms with Crippen LogP contribution in [-0.4, -0.2) is 23.0 Å². The third-order valence-corrected chi connectivity index (χ3v) is 3.36. The molecule has 0 aliphatic carbocycles. The Morgan fingerprint density at radius 2 is 2.38 bits per heavy atom. The number of thioether (sulfide) groups is 1. The summed E-state index contributed by atoms with van der Waals surface area (Å²) in [6.07, 6.45) is 2.08. The molecule has 1 atom stereocenters. The summed E-state index contributed by atoms with van der Waals surface area (Å²) in [5.41, 5.74) is 7.89. The first kappa shape index (κ1) is 11.1. The zero-order valence-electron chi connectivity index (χ0n) is 9.36. The molecule has 0 bridgehead atoms. The minimum atomic E-state index is 0.521. The van der Waals surface area contributed by atoms with E-state index in [0.717, 1.165) is 17.6 Å². The maximum atomic E-state index is 5.80. The highest BCUT2D eigenvalue weighted by Gasteiger charge is 2.08. The molecule has 2 rings (SSSR count). The molecule has 0 spiro atoms. The van der Waals surface area contributed by atoms with Crippen molar-refractivity contribution in [3.05, 3.63) is 18.2 Å². The standard InChI is InChI=1S/C11H15N3OS/c1-7(16-2)6-13-11-14-10-8(12)4-3-5-9(10)15-11/h3-5,7H,6,12H2,1-2H3,(H,13,14). The lowest BCUT2D eigenvalue weighted by molar-refractivity contribution is 0.614. The van der Waals surface area contributed by atoms with E-state index in [1.165, 1.54) is 0 Å². The largest absolute Gasteiger partial charge is 0.423 e. The third-order valence-electron chi connectivity index (χ3n) is 2.39. The molecule has 1 aromatic carbocycles. The number of anilines is 2. The van der Waals surface area contributed by atoms with Gasteiger partial charge in [0, 0.05) is 11.8 Å². The van der Waals surface area contributed by atoms with Crippen molar-refractivity contribution in [1.29, 1.82) is 0 Å². The second kappa shape index (κ2) is 4.65. The minimum Gasteiger partial charge on any atom is -0.423 e. The van der Waals surface area contributed by atoms with Crippen molar-refractivity contribution in [3.63, 3.8) is 0 Å². The Kier molecular flexibility index (Phi) is 3.24. The van der Waals surface area contributed by atoms with Gasteiger partial charge in [0.2, 0.25) is 0 Å². The van der Waals surface area contributed by atoms with Crippen molar-refractivity contribution in [1.82, 2.24) is 4.98 Å². The van der Waals surface area contributed by atoms with Crippen LogP contribution in [0.3, 0.4) is 0 Å². The number of oxazole rings is 1.